The lowest BCUT2D eigenvalue weighted by molar-refractivity contribution is -0.150. The van der Waals surface area contributed by atoms with Gasteiger partial charge in [-0.3, -0.25) is 9.69 Å². The lowest BCUT2D eigenvalue weighted by Gasteiger charge is -2.36. The van der Waals surface area contributed by atoms with Crippen molar-refractivity contribution >= 4 is 5.97 Å². The fourth-order valence-corrected chi connectivity index (χ4v) is 3.70. The van der Waals surface area contributed by atoms with Crippen molar-refractivity contribution in [3.8, 4) is 11.5 Å². The van der Waals surface area contributed by atoms with Crippen LogP contribution in [0.1, 0.15) is 37.0 Å². The zero-order valence-corrected chi connectivity index (χ0v) is 15.6. The summed E-state index contributed by atoms with van der Waals surface area (Å²) in [7, 11) is 0. The summed E-state index contributed by atoms with van der Waals surface area (Å²) in [5.74, 6) is 0.902. The zero-order chi connectivity index (χ0) is 18.9. The Hall–Kier alpha value is -2.53. The van der Waals surface area contributed by atoms with Crippen molar-refractivity contribution in [2.75, 3.05) is 19.7 Å². The van der Waals surface area contributed by atoms with Crippen LogP contribution >= 0.6 is 0 Å². The summed E-state index contributed by atoms with van der Waals surface area (Å²) in [4.78, 5) is 13.7. The maximum absolute atomic E-state index is 11.4. The molecule has 0 spiro atoms. The predicted octanol–water partition coefficient (Wildman–Crippen LogP) is 3.89. The number of ether oxygens (including phenoxy) is 2. The highest BCUT2D eigenvalue weighted by atomic mass is 16.6. The fourth-order valence-electron chi connectivity index (χ4n) is 3.70. The Morgan fingerprint density at radius 2 is 1.78 bits per heavy atom. The van der Waals surface area contributed by atoms with Crippen LogP contribution in [0.15, 0.2) is 48.5 Å². The first-order valence-corrected chi connectivity index (χ1v) is 9.47. The molecule has 5 nitrogen and oxygen atoms in total. The normalized spacial score (nSPS) is 21.6. The molecule has 2 aromatic carbocycles. The number of hydrogen-bond donors (Lipinski definition) is 1. The molecule has 5 heteroatoms. The molecule has 0 aliphatic carbocycles. The average molecular weight is 367 g/mol. The number of carbonyl (C=O) groups is 1. The molecule has 0 aromatic heterocycles. The summed E-state index contributed by atoms with van der Waals surface area (Å²) in [6.45, 7) is 4.85. The Bertz CT molecular complexity index is 809. The molecule has 0 radical (unpaired) electrons. The van der Waals surface area contributed by atoms with Gasteiger partial charge in [-0.25, -0.2) is 0 Å². The number of para-hydroxylation sites is 2. The predicted molar refractivity (Wildman–Crippen MR) is 102 cm³/mol. The van der Waals surface area contributed by atoms with Crippen molar-refractivity contribution in [1.29, 1.82) is 0 Å². The third kappa shape index (κ3) is 3.78. The largest absolute Gasteiger partial charge is 0.485 e. The highest BCUT2D eigenvalue weighted by Crippen LogP contribution is 2.36. The summed E-state index contributed by atoms with van der Waals surface area (Å²) in [5.41, 5.74) is 1.76. The number of carboxylic acid groups (broad SMARTS) is 1. The minimum absolute atomic E-state index is 0.0970. The highest BCUT2D eigenvalue weighted by molar-refractivity contribution is 5.74. The summed E-state index contributed by atoms with van der Waals surface area (Å²) in [5, 5.41) is 9.35. The number of benzene rings is 2. The van der Waals surface area contributed by atoms with Crippen LogP contribution in [-0.2, 0) is 11.3 Å². The Kier molecular flexibility index (Phi) is 4.79. The lowest BCUT2D eigenvalue weighted by atomic mass is 9.80. The smallest absolute Gasteiger partial charge is 0.309 e. The number of piperidine rings is 1. The second-order valence-electron chi connectivity index (χ2n) is 7.75. The minimum atomic E-state index is -0.678. The van der Waals surface area contributed by atoms with E-state index in [4.69, 9.17) is 9.47 Å². The van der Waals surface area contributed by atoms with Crippen LogP contribution in [0.5, 0.6) is 11.5 Å². The maximum Gasteiger partial charge on any atom is 0.309 e. The maximum atomic E-state index is 11.4. The van der Waals surface area contributed by atoms with Crippen LogP contribution in [-0.4, -0.2) is 35.7 Å². The van der Waals surface area contributed by atoms with Gasteiger partial charge in [0.15, 0.2) is 17.6 Å². The number of rotatable bonds is 4. The molecule has 0 amide bonds. The minimum Gasteiger partial charge on any atom is -0.485 e. The van der Waals surface area contributed by atoms with Gasteiger partial charge in [-0.2, -0.15) is 0 Å². The molecule has 4 rings (SSSR count). The molecule has 142 valence electrons. The quantitative estimate of drug-likeness (QED) is 0.888. The molecule has 0 unspecified atom stereocenters. The summed E-state index contributed by atoms with van der Waals surface area (Å²) in [6, 6.07) is 16.2. The van der Waals surface area contributed by atoms with Crippen molar-refractivity contribution in [3.05, 3.63) is 59.7 Å². The molecule has 2 aliphatic heterocycles. The van der Waals surface area contributed by atoms with Crippen molar-refractivity contribution in [2.45, 2.75) is 32.4 Å². The number of fused-ring (bicyclic) bond motifs is 1. The van der Waals surface area contributed by atoms with Crippen LogP contribution in [0, 0.1) is 5.41 Å². The van der Waals surface area contributed by atoms with E-state index in [9.17, 15) is 9.90 Å². The molecule has 1 fully saturated rings. The highest BCUT2D eigenvalue weighted by Gasteiger charge is 2.36. The van der Waals surface area contributed by atoms with Crippen LogP contribution < -0.4 is 9.47 Å². The van der Waals surface area contributed by atoms with Gasteiger partial charge in [-0.15, -0.1) is 0 Å². The Balaban J connectivity index is 1.36. The van der Waals surface area contributed by atoms with Crippen LogP contribution in [0.25, 0.3) is 0 Å². The first-order chi connectivity index (χ1) is 13.0. The van der Waals surface area contributed by atoms with Crippen LogP contribution in [0.4, 0.5) is 0 Å². The van der Waals surface area contributed by atoms with E-state index < -0.39 is 11.4 Å². The van der Waals surface area contributed by atoms with Gasteiger partial charge >= 0.3 is 5.97 Å². The van der Waals surface area contributed by atoms with Gasteiger partial charge in [0, 0.05) is 6.54 Å². The van der Waals surface area contributed by atoms with E-state index in [1.165, 1.54) is 5.56 Å². The van der Waals surface area contributed by atoms with E-state index in [-0.39, 0.29) is 6.10 Å². The number of carboxylic acids is 1. The summed E-state index contributed by atoms with van der Waals surface area (Å²) in [6.07, 6.45) is 1.31. The lowest BCUT2D eigenvalue weighted by Crippen LogP contribution is -2.42. The third-order valence-electron chi connectivity index (χ3n) is 5.74. The zero-order valence-electron chi connectivity index (χ0n) is 15.6. The van der Waals surface area contributed by atoms with Gasteiger partial charge in [0.1, 0.15) is 6.61 Å². The van der Waals surface area contributed by atoms with Crippen molar-refractivity contribution in [2.24, 2.45) is 5.41 Å². The van der Waals surface area contributed by atoms with Gasteiger partial charge in [-0.1, -0.05) is 36.4 Å². The SMILES string of the molecule is CC1(C(=O)O)CCN(Cc2ccc([C@H]3COc4ccccc4O3)cc2)CC1. The standard InChI is InChI=1S/C22H25NO4/c1-22(21(24)25)10-12-23(13-11-22)14-16-6-8-17(9-7-16)20-15-26-18-4-2-3-5-19(18)27-20/h2-9,20H,10-15H2,1H3,(H,24,25)/t20-/m1/s1. The molecule has 27 heavy (non-hydrogen) atoms. The number of hydrogen-bond acceptors (Lipinski definition) is 4. The van der Waals surface area contributed by atoms with E-state index in [1.807, 2.05) is 31.2 Å². The number of nitrogens with zero attached hydrogens (tertiary/aromatic N) is 1. The van der Waals surface area contributed by atoms with Gasteiger partial charge in [0.05, 0.1) is 5.41 Å². The molecule has 1 saturated heterocycles. The first kappa shape index (κ1) is 17.9. The molecule has 1 atom stereocenters. The molecular formula is C22H25NO4. The van der Waals surface area contributed by atoms with E-state index >= 15 is 0 Å². The number of likely N-dealkylation sites (tertiary alicyclic amines) is 1. The Morgan fingerprint density at radius 1 is 1.11 bits per heavy atom. The van der Waals surface area contributed by atoms with Gasteiger partial charge in [0.25, 0.3) is 0 Å². The molecule has 0 bridgehead atoms. The van der Waals surface area contributed by atoms with E-state index in [1.54, 1.807) is 0 Å². The molecule has 2 aliphatic rings. The van der Waals surface area contributed by atoms with Gasteiger partial charge < -0.3 is 14.6 Å². The molecule has 0 saturated carbocycles. The molecule has 2 heterocycles. The molecular weight excluding hydrogens is 342 g/mol. The van der Waals surface area contributed by atoms with Gasteiger partial charge in [-0.05, 0) is 56.1 Å². The van der Waals surface area contributed by atoms with E-state index in [2.05, 4.69) is 29.2 Å². The van der Waals surface area contributed by atoms with Crippen LogP contribution in [0.3, 0.4) is 0 Å². The van der Waals surface area contributed by atoms with E-state index in [0.717, 1.165) is 36.7 Å². The second kappa shape index (κ2) is 7.24. The third-order valence-corrected chi connectivity index (χ3v) is 5.74. The second-order valence-corrected chi connectivity index (χ2v) is 7.75. The van der Waals surface area contributed by atoms with Crippen molar-refractivity contribution < 1.29 is 19.4 Å². The summed E-state index contributed by atoms with van der Waals surface area (Å²) < 4.78 is 11.9. The fraction of sp³-hybridized carbons (Fsp3) is 0.409. The topological polar surface area (TPSA) is 59.0 Å². The van der Waals surface area contributed by atoms with Gasteiger partial charge in [0.2, 0.25) is 0 Å². The van der Waals surface area contributed by atoms with Crippen molar-refractivity contribution in [3.63, 3.8) is 0 Å². The molecule has 1 N–H and O–H groups in total. The Morgan fingerprint density at radius 3 is 2.44 bits per heavy atom. The number of aliphatic carboxylic acids is 1. The monoisotopic (exact) mass is 367 g/mol. The summed E-state index contributed by atoms with van der Waals surface area (Å²) >= 11 is 0. The van der Waals surface area contributed by atoms with E-state index in [0.29, 0.717) is 19.4 Å². The van der Waals surface area contributed by atoms with Crippen LogP contribution in [0.2, 0.25) is 0 Å². The average Bonchev–Trinajstić information content (AvgIpc) is 2.70. The first-order valence-electron chi connectivity index (χ1n) is 9.47. The Labute approximate surface area is 159 Å². The molecule has 2 aromatic rings. The van der Waals surface area contributed by atoms with Crippen molar-refractivity contribution in [1.82, 2.24) is 4.90 Å².